The quantitative estimate of drug-likeness (QED) is 0.508. The van der Waals surface area contributed by atoms with Crippen molar-refractivity contribution >= 4 is 11.7 Å². The van der Waals surface area contributed by atoms with Crippen LogP contribution in [0.3, 0.4) is 0 Å². The Kier molecular flexibility index (Phi) is 7.62. The van der Waals surface area contributed by atoms with Gasteiger partial charge in [-0.15, -0.1) is 0 Å². The summed E-state index contributed by atoms with van der Waals surface area (Å²) in [5.74, 6) is 0.129. The molecule has 3 saturated carbocycles. The standard InChI is InChI=1S/C32H43FN4O4/c1-35(13-11-21-7-4-5-12-34-21)29-25(33)18-23-28-31(29)41-26-10-9-20-6-2-3-8-22(20)27(26)37(28)19-24(30(23)38)32(39)36-14-16-40-17-15-36/h4-5,7,12,19-20,22-23,25-29,31H,2-3,6,8-11,13-18H2,1H3. The van der Waals surface area contributed by atoms with Crippen molar-refractivity contribution in [2.75, 3.05) is 39.9 Å². The molecular formula is C32H43FN4O4. The van der Waals surface area contributed by atoms with Gasteiger partial charge in [-0.25, -0.2) is 4.39 Å². The molecule has 0 aromatic carbocycles. The SMILES string of the molecule is CN(CCc1ccccn1)C1C(F)CC2C(=O)C(C(=O)N3CCOCC3)=CN3C4C(CCC5CCCCC54)OC1C23. The molecule has 0 spiro atoms. The minimum atomic E-state index is -1.22. The van der Waals surface area contributed by atoms with Crippen LogP contribution in [0, 0.1) is 17.8 Å². The Morgan fingerprint density at radius 3 is 2.76 bits per heavy atom. The highest BCUT2D eigenvalue weighted by atomic mass is 19.1. The number of rotatable bonds is 5. The maximum Gasteiger partial charge on any atom is 0.259 e. The molecule has 0 radical (unpaired) electrons. The molecule has 9 unspecified atom stereocenters. The number of carbonyl (C=O) groups excluding carboxylic acids is 2. The van der Waals surface area contributed by atoms with Crippen molar-refractivity contribution in [2.24, 2.45) is 17.8 Å². The number of fused-ring (bicyclic) bond motifs is 4. The predicted octanol–water partition coefficient (Wildman–Crippen LogP) is 3.01. The van der Waals surface area contributed by atoms with Gasteiger partial charge in [0.25, 0.3) is 5.91 Å². The van der Waals surface area contributed by atoms with E-state index < -0.39 is 24.2 Å². The number of ether oxygens (including phenoxy) is 2. The molecule has 1 aromatic rings. The number of pyridine rings is 1. The number of nitrogens with zero attached hydrogens (tertiary/aromatic N) is 4. The number of Topliss-reactive ketones (excluding diaryl/α,β-unsaturated/α-hetero) is 1. The van der Waals surface area contributed by atoms with Gasteiger partial charge in [-0.3, -0.25) is 19.5 Å². The van der Waals surface area contributed by atoms with E-state index in [0.29, 0.717) is 44.7 Å². The topological polar surface area (TPSA) is 75.2 Å². The Hall–Kier alpha value is -2.36. The molecule has 2 saturated heterocycles. The lowest BCUT2D eigenvalue weighted by atomic mass is 9.63. The van der Waals surface area contributed by atoms with E-state index in [1.54, 1.807) is 11.1 Å². The summed E-state index contributed by atoms with van der Waals surface area (Å²) in [6.45, 7) is 2.57. The van der Waals surface area contributed by atoms with Crippen molar-refractivity contribution in [1.82, 2.24) is 19.7 Å². The molecule has 0 bridgehead atoms. The van der Waals surface area contributed by atoms with Crippen LogP contribution in [-0.2, 0) is 25.5 Å². The maximum atomic E-state index is 16.3. The van der Waals surface area contributed by atoms with Crippen molar-refractivity contribution in [2.45, 2.75) is 87.9 Å². The van der Waals surface area contributed by atoms with Crippen LogP contribution < -0.4 is 0 Å². The van der Waals surface area contributed by atoms with Gasteiger partial charge in [-0.1, -0.05) is 25.3 Å². The van der Waals surface area contributed by atoms with E-state index >= 15 is 4.39 Å². The maximum absolute atomic E-state index is 16.3. The number of alkyl halides is 1. The van der Waals surface area contributed by atoms with E-state index in [-0.39, 0.29) is 41.9 Å². The third kappa shape index (κ3) is 4.91. The smallest absolute Gasteiger partial charge is 0.259 e. The van der Waals surface area contributed by atoms with Crippen LogP contribution in [0.5, 0.6) is 0 Å². The first-order chi connectivity index (χ1) is 20.0. The second kappa shape index (κ2) is 11.4. The number of halogens is 1. The molecule has 5 fully saturated rings. The largest absolute Gasteiger partial charge is 0.378 e. The molecule has 8 nitrogen and oxygen atoms in total. The molecule has 0 N–H and O–H groups in total. The molecular weight excluding hydrogens is 523 g/mol. The summed E-state index contributed by atoms with van der Waals surface area (Å²) in [7, 11) is 1.98. The molecule has 3 aliphatic carbocycles. The zero-order valence-corrected chi connectivity index (χ0v) is 24.1. The normalized spacial score (nSPS) is 38.6. The van der Waals surface area contributed by atoms with E-state index in [9.17, 15) is 9.59 Å². The van der Waals surface area contributed by atoms with Crippen molar-refractivity contribution in [1.29, 1.82) is 0 Å². The molecule has 222 valence electrons. The summed E-state index contributed by atoms with van der Waals surface area (Å²) in [6.07, 6.45) is 9.84. The number of carbonyl (C=O) groups is 2. The summed E-state index contributed by atoms with van der Waals surface area (Å²) in [6, 6.07) is 5.31. The first-order valence-electron chi connectivity index (χ1n) is 15.8. The second-order valence-electron chi connectivity index (χ2n) is 13.1. The van der Waals surface area contributed by atoms with E-state index in [4.69, 9.17) is 9.47 Å². The monoisotopic (exact) mass is 566 g/mol. The lowest BCUT2D eigenvalue weighted by Crippen LogP contribution is -2.74. The highest BCUT2D eigenvalue weighted by Gasteiger charge is 2.61. The zero-order valence-electron chi connectivity index (χ0n) is 24.1. The molecule has 4 heterocycles. The van der Waals surface area contributed by atoms with Crippen LogP contribution in [0.1, 0.15) is 50.6 Å². The fraction of sp³-hybridized carbons (Fsp3) is 0.719. The van der Waals surface area contributed by atoms with Gasteiger partial charge in [0.15, 0.2) is 5.78 Å². The van der Waals surface area contributed by atoms with Crippen LogP contribution in [0.4, 0.5) is 4.39 Å². The molecule has 1 amide bonds. The number of hydrogen-bond donors (Lipinski definition) is 0. The van der Waals surface area contributed by atoms with Gasteiger partial charge in [0.2, 0.25) is 0 Å². The Morgan fingerprint density at radius 2 is 1.95 bits per heavy atom. The van der Waals surface area contributed by atoms with Crippen molar-refractivity contribution in [3.8, 4) is 0 Å². The minimum absolute atomic E-state index is 0.0163. The third-order valence-corrected chi connectivity index (χ3v) is 10.9. The Balaban J connectivity index is 1.23. The summed E-state index contributed by atoms with van der Waals surface area (Å²) in [5, 5.41) is 0. The zero-order chi connectivity index (χ0) is 28.1. The van der Waals surface area contributed by atoms with Gasteiger partial charge in [0.1, 0.15) is 6.17 Å². The number of amides is 1. The third-order valence-electron chi connectivity index (χ3n) is 10.9. The van der Waals surface area contributed by atoms with Crippen molar-refractivity contribution in [3.05, 3.63) is 41.9 Å². The minimum Gasteiger partial charge on any atom is -0.378 e. The van der Waals surface area contributed by atoms with E-state index in [2.05, 4.69) is 14.8 Å². The lowest BCUT2D eigenvalue weighted by Gasteiger charge is -2.62. The molecule has 3 aliphatic heterocycles. The highest BCUT2D eigenvalue weighted by molar-refractivity contribution is 6.20. The fourth-order valence-corrected chi connectivity index (χ4v) is 8.99. The van der Waals surface area contributed by atoms with Crippen LogP contribution in [0.25, 0.3) is 0 Å². The average Bonchev–Trinajstić information content (AvgIpc) is 3.01. The summed E-state index contributed by atoms with van der Waals surface area (Å²) < 4.78 is 28.7. The van der Waals surface area contributed by atoms with Crippen LogP contribution in [-0.4, -0.2) is 108 Å². The van der Waals surface area contributed by atoms with Gasteiger partial charge in [0.05, 0.1) is 49.1 Å². The highest BCUT2D eigenvalue weighted by Crippen LogP contribution is 2.51. The fourth-order valence-electron chi connectivity index (χ4n) is 8.99. The van der Waals surface area contributed by atoms with Crippen LogP contribution >= 0.6 is 0 Å². The number of morpholine rings is 2. The summed E-state index contributed by atoms with van der Waals surface area (Å²) in [4.78, 5) is 38.4. The molecule has 9 heteroatoms. The molecule has 7 rings (SSSR count). The number of hydrogen-bond acceptors (Lipinski definition) is 7. The predicted molar refractivity (Wildman–Crippen MR) is 151 cm³/mol. The summed E-state index contributed by atoms with van der Waals surface area (Å²) in [5.41, 5.74) is 1.21. The van der Waals surface area contributed by atoms with Gasteiger partial charge in [-0.2, -0.15) is 0 Å². The Labute approximate surface area is 242 Å². The van der Waals surface area contributed by atoms with Crippen LogP contribution in [0.2, 0.25) is 0 Å². The van der Waals surface area contributed by atoms with E-state index in [1.807, 2.05) is 31.4 Å². The van der Waals surface area contributed by atoms with Gasteiger partial charge in [-0.05, 0) is 56.7 Å². The Morgan fingerprint density at radius 1 is 1.12 bits per heavy atom. The summed E-state index contributed by atoms with van der Waals surface area (Å²) >= 11 is 0. The molecule has 1 aromatic heterocycles. The van der Waals surface area contributed by atoms with Crippen LogP contribution in [0.15, 0.2) is 36.2 Å². The average molecular weight is 567 g/mol. The molecule has 9 atom stereocenters. The van der Waals surface area contributed by atoms with Crippen molar-refractivity contribution < 1.29 is 23.5 Å². The second-order valence-corrected chi connectivity index (χ2v) is 13.1. The van der Waals surface area contributed by atoms with Gasteiger partial charge in [0, 0.05) is 50.1 Å². The molecule has 6 aliphatic rings. The van der Waals surface area contributed by atoms with Gasteiger partial charge >= 0.3 is 0 Å². The van der Waals surface area contributed by atoms with Crippen molar-refractivity contribution in [3.63, 3.8) is 0 Å². The van der Waals surface area contributed by atoms with Gasteiger partial charge < -0.3 is 19.3 Å². The van der Waals surface area contributed by atoms with E-state index in [1.165, 1.54) is 19.3 Å². The first-order valence-corrected chi connectivity index (χ1v) is 15.8. The number of aromatic nitrogens is 1. The lowest BCUT2D eigenvalue weighted by molar-refractivity contribution is -0.225. The molecule has 41 heavy (non-hydrogen) atoms. The number of ketones is 1. The van der Waals surface area contributed by atoms with E-state index in [0.717, 1.165) is 31.4 Å². The number of likely N-dealkylation sites (N-methyl/N-ethyl adjacent to an activating group) is 1. The first kappa shape index (κ1) is 27.5. The Bertz CT molecular complexity index is 1160.